The van der Waals surface area contributed by atoms with Crippen LogP contribution in [0.15, 0.2) is 6.07 Å². The molecular weight excluding hydrogens is 280 g/mol. The molecule has 4 heteroatoms. The van der Waals surface area contributed by atoms with Crippen molar-refractivity contribution in [3.63, 3.8) is 0 Å². The van der Waals surface area contributed by atoms with Crippen molar-refractivity contribution < 1.29 is 19.0 Å². The van der Waals surface area contributed by atoms with Crippen molar-refractivity contribution in [1.29, 1.82) is 0 Å². The molecule has 0 saturated heterocycles. The molecule has 0 aliphatic carbocycles. The topological polar surface area (TPSA) is 44.8 Å². The first-order valence-corrected chi connectivity index (χ1v) is 7.93. The molecule has 1 aromatic carbocycles. The quantitative estimate of drug-likeness (QED) is 0.474. The maximum Gasteiger partial charge on any atom is 0.167 e. The maximum atomic E-state index is 12.0. The molecule has 0 amide bonds. The Kier molecular flexibility index (Phi) is 7.78. The molecule has 0 N–H and O–H groups in total. The Morgan fingerprint density at radius 1 is 0.955 bits per heavy atom. The fourth-order valence-electron chi connectivity index (χ4n) is 2.70. The number of ketones is 1. The average molecular weight is 308 g/mol. The molecular formula is C18H28O4. The molecule has 0 radical (unpaired) electrons. The van der Waals surface area contributed by atoms with E-state index in [2.05, 4.69) is 6.92 Å². The summed E-state index contributed by atoms with van der Waals surface area (Å²) < 4.78 is 16.3. The van der Waals surface area contributed by atoms with Crippen molar-refractivity contribution in [3.8, 4) is 17.2 Å². The van der Waals surface area contributed by atoms with Gasteiger partial charge in [0.15, 0.2) is 5.78 Å². The van der Waals surface area contributed by atoms with E-state index in [0.29, 0.717) is 22.8 Å². The third kappa shape index (κ3) is 4.39. The van der Waals surface area contributed by atoms with Crippen LogP contribution in [0.1, 0.15) is 61.9 Å². The first kappa shape index (κ1) is 18.3. The van der Waals surface area contributed by atoms with Gasteiger partial charge in [-0.25, -0.2) is 0 Å². The van der Waals surface area contributed by atoms with Crippen molar-refractivity contribution in [2.45, 2.75) is 52.4 Å². The highest BCUT2D eigenvalue weighted by atomic mass is 16.5. The van der Waals surface area contributed by atoms with Gasteiger partial charge in [0.2, 0.25) is 0 Å². The molecule has 0 atom stereocenters. The molecule has 0 aliphatic heterocycles. The molecule has 0 fully saturated rings. The summed E-state index contributed by atoms with van der Waals surface area (Å²) >= 11 is 0. The molecule has 0 heterocycles. The molecule has 0 bridgehead atoms. The van der Waals surface area contributed by atoms with Gasteiger partial charge in [0, 0.05) is 11.6 Å². The molecule has 0 aromatic heterocycles. The Hall–Kier alpha value is -1.71. The minimum absolute atomic E-state index is 0.0661. The Morgan fingerprint density at radius 2 is 1.59 bits per heavy atom. The largest absolute Gasteiger partial charge is 0.496 e. The van der Waals surface area contributed by atoms with E-state index in [-0.39, 0.29) is 5.78 Å². The number of unbranched alkanes of at least 4 members (excludes halogenated alkanes) is 4. The van der Waals surface area contributed by atoms with E-state index < -0.39 is 0 Å². The van der Waals surface area contributed by atoms with Gasteiger partial charge in [-0.1, -0.05) is 32.6 Å². The highest BCUT2D eigenvalue weighted by molar-refractivity contribution is 6.00. The van der Waals surface area contributed by atoms with Crippen molar-refractivity contribution in [3.05, 3.63) is 17.2 Å². The zero-order valence-corrected chi connectivity index (χ0v) is 14.5. The number of hydrogen-bond donors (Lipinski definition) is 0. The van der Waals surface area contributed by atoms with Crippen LogP contribution in [0.5, 0.6) is 17.2 Å². The van der Waals surface area contributed by atoms with E-state index in [4.69, 9.17) is 14.2 Å². The summed E-state index contributed by atoms with van der Waals surface area (Å²) in [5.74, 6) is 1.73. The second-order valence-electron chi connectivity index (χ2n) is 5.39. The molecule has 4 nitrogen and oxygen atoms in total. The lowest BCUT2D eigenvalue weighted by Crippen LogP contribution is -2.07. The maximum absolute atomic E-state index is 12.0. The van der Waals surface area contributed by atoms with Crippen LogP contribution in [0.25, 0.3) is 0 Å². The van der Waals surface area contributed by atoms with Crippen LogP contribution < -0.4 is 14.2 Å². The lowest BCUT2D eigenvalue weighted by molar-refractivity contribution is 0.101. The van der Waals surface area contributed by atoms with Crippen LogP contribution in [0.3, 0.4) is 0 Å². The Balaban J connectivity index is 3.12. The smallest absolute Gasteiger partial charge is 0.167 e. The molecule has 0 saturated carbocycles. The number of rotatable bonds is 10. The summed E-state index contributed by atoms with van der Waals surface area (Å²) in [6.45, 7) is 3.73. The highest BCUT2D eigenvalue weighted by Crippen LogP contribution is 2.40. The molecule has 0 unspecified atom stereocenters. The number of methoxy groups -OCH3 is 3. The predicted octanol–water partition coefficient (Wildman–Crippen LogP) is 4.43. The van der Waals surface area contributed by atoms with E-state index in [0.717, 1.165) is 18.4 Å². The van der Waals surface area contributed by atoms with E-state index in [1.807, 2.05) is 0 Å². The molecule has 1 rings (SSSR count). The highest BCUT2D eigenvalue weighted by Gasteiger charge is 2.22. The minimum atomic E-state index is -0.0661. The van der Waals surface area contributed by atoms with Gasteiger partial charge in [0.25, 0.3) is 0 Å². The molecule has 124 valence electrons. The number of carbonyl (C=O) groups is 1. The second-order valence-corrected chi connectivity index (χ2v) is 5.39. The fraction of sp³-hybridized carbons (Fsp3) is 0.611. The summed E-state index contributed by atoms with van der Waals surface area (Å²) in [5, 5.41) is 0. The Bertz CT molecular complexity index is 494. The van der Waals surface area contributed by atoms with E-state index in [1.54, 1.807) is 27.4 Å². The summed E-state index contributed by atoms with van der Waals surface area (Å²) in [7, 11) is 4.76. The summed E-state index contributed by atoms with van der Waals surface area (Å²) in [5.41, 5.74) is 1.45. The van der Waals surface area contributed by atoms with Crippen molar-refractivity contribution in [2.24, 2.45) is 0 Å². The first-order chi connectivity index (χ1) is 10.6. The predicted molar refractivity (Wildman–Crippen MR) is 88.6 cm³/mol. The summed E-state index contributed by atoms with van der Waals surface area (Å²) in [6, 6.07) is 1.78. The number of ether oxygens (including phenoxy) is 3. The Labute approximate surface area is 133 Å². The molecule has 0 spiro atoms. The van der Waals surface area contributed by atoms with Crippen molar-refractivity contribution in [1.82, 2.24) is 0 Å². The van der Waals surface area contributed by atoms with Crippen LogP contribution in [0, 0.1) is 0 Å². The zero-order chi connectivity index (χ0) is 16.5. The summed E-state index contributed by atoms with van der Waals surface area (Å²) in [4.78, 5) is 12.0. The van der Waals surface area contributed by atoms with Gasteiger partial charge in [0.05, 0.1) is 21.3 Å². The lowest BCUT2D eigenvalue weighted by Gasteiger charge is -2.18. The van der Waals surface area contributed by atoms with E-state index in [1.165, 1.54) is 32.6 Å². The second kappa shape index (κ2) is 9.34. The molecule has 1 aromatic rings. The number of carbonyl (C=O) groups excluding carboxylic acids is 1. The van der Waals surface area contributed by atoms with Gasteiger partial charge < -0.3 is 14.2 Å². The van der Waals surface area contributed by atoms with E-state index >= 15 is 0 Å². The third-order valence-electron chi connectivity index (χ3n) is 3.83. The standard InChI is InChI=1S/C18H28O4/c1-6-7-8-9-10-11-14-15(20-3)12-16(21-4)17(13(2)19)18(14)22-5/h12H,6-11H2,1-5H3. The van der Waals surface area contributed by atoms with Crippen molar-refractivity contribution in [2.75, 3.05) is 21.3 Å². The van der Waals surface area contributed by atoms with E-state index in [9.17, 15) is 4.79 Å². The summed E-state index contributed by atoms with van der Waals surface area (Å²) in [6.07, 6.45) is 6.77. The minimum Gasteiger partial charge on any atom is -0.496 e. The van der Waals surface area contributed by atoms with Gasteiger partial charge in [-0.3, -0.25) is 4.79 Å². The fourth-order valence-corrected chi connectivity index (χ4v) is 2.70. The van der Waals surface area contributed by atoms with Gasteiger partial charge >= 0.3 is 0 Å². The average Bonchev–Trinajstić information content (AvgIpc) is 2.53. The third-order valence-corrected chi connectivity index (χ3v) is 3.83. The Morgan fingerprint density at radius 3 is 2.09 bits per heavy atom. The van der Waals surface area contributed by atoms with Crippen LogP contribution in [-0.2, 0) is 6.42 Å². The van der Waals surface area contributed by atoms with Crippen molar-refractivity contribution >= 4 is 5.78 Å². The first-order valence-electron chi connectivity index (χ1n) is 7.93. The monoisotopic (exact) mass is 308 g/mol. The van der Waals surface area contributed by atoms with Crippen LogP contribution in [0.4, 0.5) is 0 Å². The van der Waals surface area contributed by atoms with Crippen LogP contribution in [0.2, 0.25) is 0 Å². The van der Waals surface area contributed by atoms with Crippen LogP contribution >= 0.6 is 0 Å². The number of Topliss-reactive ketones (excluding diaryl/α,β-unsaturated/α-hetero) is 1. The van der Waals surface area contributed by atoms with Gasteiger partial charge in [-0.15, -0.1) is 0 Å². The van der Waals surface area contributed by atoms with Crippen LogP contribution in [-0.4, -0.2) is 27.1 Å². The molecule has 0 aliphatic rings. The molecule has 22 heavy (non-hydrogen) atoms. The van der Waals surface area contributed by atoms with Gasteiger partial charge in [-0.2, -0.15) is 0 Å². The number of benzene rings is 1. The number of hydrogen-bond acceptors (Lipinski definition) is 4. The van der Waals surface area contributed by atoms with Gasteiger partial charge in [-0.05, 0) is 19.8 Å². The lowest BCUT2D eigenvalue weighted by atomic mass is 9.98. The zero-order valence-electron chi connectivity index (χ0n) is 14.5. The SMILES string of the molecule is CCCCCCCc1c(OC)cc(OC)c(C(C)=O)c1OC. The van der Waals surface area contributed by atoms with Gasteiger partial charge in [0.1, 0.15) is 22.8 Å². The normalized spacial score (nSPS) is 10.4.